The van der Waals surface area contributed by atoms with Crippen LogP contribution in [0.15, 0.2) is 140 Å². The Morgan fingerprint density at radius 1 is 0.474 bits per heavy atom. The SMILES string of the molecule is CC1(C)c2cc(N(c3ccccc3)c3ccccc3)ccc2-c2c(-c3ccccc3)ccc3cccc1c23. The molecular formula is C37H29N. The van der Waals surface area contributed by atoms with E-state index in [0.29, 0.717) is 0 Å². The van der Waals surface area contributed by atoms with Crippen molar-refractivity contribution in [1.29, 1.82) is 0 Å². The predicted molar refractivity (Wildman–Crippen MR) is 162 cm³/mol. The molecule has 0 fully saturated rings. The van der Waals surface area contributed by atoms with Crippen molar-refractivity contribution in [2.45, 2.75) is 19.3 Å². The van der Waals surface area contributed by atoms with Crippen LogP contribution in [-0.2, 0) is 5.41 Å². The highest BCUT2D eigenvalue weighted by Gasteiger charge is 2.35. The van der Waals surface area contributed by atoms with Crippen LogP contribution < -0.4 is 4.90 Å². The molecule has 0 aromatic heterocycles. The monoisotopic (exact) mass is 487 g/mol. The van der Waals surface area contributed by atoms with Crippen molar-refractivity contribution in [3.63, 3.8) is 0 Å². The maximum absolute atomic E-state index is 2.42. The molecule has 7 rings (SSSR count). The Hall–Kier alpha value is -4.62. The second-order valence-corrected chi connectivity index (χ2v) is 10.6. The molecule has 0 bridgehead atoms. The van der Waals surface area contributed by atoms with Gasteiger partial charge in [0.25, 0.3) is 0 Å². The van der Waals surface area contributed by atoms with Crippen LogP contribution in [0.5, 0.6) is 0 Å². The summed E-state index contributed by atoms with van der Waals surface area (Å²) in [4.78, 5) is 2.36. The summed E-state index contributed by atoms with van der Waals surface area (Å²) in [5.41, 5.74) is 11.3. The number of benzene rings is 6. The molecule has 0 saturated heterocycles. The third kappa shape index (κ3) is 3.47. The van der Waals surface area contributed by atoms with E-state index in [1.165, 1.54) is 49.8 Å². The lowest BCUT2D eigenvalue weighted by atomic mass is 9.67. The van der Waals surface area contributed by atoms with Crippen LogP contribution in [0.2, 0.25) is 0 Å². The largest absolute Gasteiger partial charge is 0.310 e. The third-order valence-electron chi connectivity index (χ3n) is 8.04. The van der Waals surface area contributed by atoms with Crippen LogP contribution in [0.1, 0.15) is 25.0 Å². The highest BCUT2D eigenvalue weighted by Crippen LogP contribution is 2.53. The van der Waals surface area contributed by atoms with Gasteiger partial charge < -0.3 is 4.90 Å². The van der Waals surface area contributed by atoms with E-state index in [2.05, 4.69) is 158 Å². The normalized spacial score (nSPS) is 13.2. The molecule has 0 N–H and O–H groups in total. The smallest absolute Gasteiger partial charge is 0.0465 e. The zero-order valence-corrected chi connectivity index (χ0v) is 21.7. The van der Waals surface area contributed by atoms with Gasteiger partial charge in [-0.3, -0.25) is 0 Å². The summed E-state index contributed by atoms with van der Waals surface area (Å²) < 4.78 is 0. The summed E-state index contributed by atoms with van der Waals surface area (Å²) in [6.07, 6.45) is 0. The fourth-order valence-electron chi connectivity index (χ4n) is 6.19. The van der Waals surface area contributed by atoms with Gasteiger partial charge in [-0.2, -0.15) is 0 Å². The van der Waals surface area contributed by atoms with Crippen molar-refractivity contribution in [3.05, 3.63) is 151 Å². The molecule has 0 aliphatic heterocycles. The molecule has 0 radical (unpaired) electrons. The van der Waals surface area contributed by atoms with Crippen LogP contribution >= 0.6 is 0 Å². The zero-order chi connectivity index (χ0) is 25.7. The van der Waals surface area contributed by atoms with Gasteiger partial charge in [-0.05, 0) is 80.6 Å². The van der Waals surface area contributed by atoms with Gasteiger partial charge in [0, 0.05) is 22.5 Å². The van der Waals surface area contributed by atoms with Gasteiger partial charge >= 0.3 is 0 Å². The fraction of sp³-hybridized carbons (Fsp3) is 0.0811. The molecule has 0 heterocycles. The zero-order valence-electron chi connectivity index (χ0n) is 21.7. The number of anilines is 3. The first-order chi connectivity index (χ1) is 18.6. The van der Waals surface area contributed by atoms with E-state index in [-0.39, 0.29) is 5.41 Å². The highest BCUT2D eigenvalue weighted by molar-refractivity contribution is 6.09. The average Bonchev–Trinajstić information content (AvgIpc) is 2.97. The minimum absolute atomic E-state index is 0.147. The Labute approximate surface area is 224 Å². The van der Waals surface area contributed by atoms with E-state index in [0.717, 1.165) is 11.4 Å². The first-order valence-electron chi connectivity index (χ1n) is 13.3. The molecule has 0 spiro atoms. The van der Waals surface area contributed by atoms with Gasteiger partial charge in [-0.25, -0.2) is 0 Å². The number of hydrogen-bond acceptors (Lipinski definition) is 1. The molecule has 1 nitrogen and oxygen atoms in total. The van der Waals surface area contributed by atoms with E-state index in [9.17, 15) is 0 Å². The van der Waals surface area contributed by atoms with Crippen LogP contribution in [0.3, 0.4) is 0 Å². The Kier molecular flexibility index (Phi) is 5.19. The highest BCUT2D eigenvalue weighted by atomic mass is 15.1. The molecule has 1 heteroatoms. The predicted octanol–water partition coefficient (Wildman–Crippen LogP) is 10.3. The summed E-state index contributed by atoms with van der Waals surface area (Å²) in [5, 5.41) is 2.68. The van der Waals surface area contributed by atoms with Crippen LogP contribution in [0, 0.1) is 0 Å². The molecule has 0 unspecified atom stereocenters. The summed E-state index contributed by atoms with van der Waals surface area (Å²) in [6.45, 7) is 4.75. The molecule has 1 aliphatic carbocycles. The second-order valence-electron chi connectivity index (χ2n) is 10.6. The van der Waals surface area contributed by atoms with Gasteiger partial charge in [0.2, 0.25) is 0 Å². The molecule has 6 aromatic carbocycles. The molecule has 38 heavy (non-hydrogen) atoms. The topological polar surface area (TPSA) is 3.24 Å². The van der Waals surface area contributed by atoms with Crippen LogP contribution in [-0.4, -0.2) is 0 Å². The number of hydrogen-bond donors (Lipinski definition) is 0. The van der Waals surface area contributed by atoms with E-state index in [1.807, 2.05) is 0 Å². The lowest BCUT2D eigenvalue weighted by Crippen LogP contribution is -2.24. The standard InChI is InChI=1S/C37H29N/c1-37(2)33-20-12-15-27-21-23-31(26-13-6-3-7-14-26)36(35(27)33)32-24-22-30(25-34(32)37)38(28-16-8-4-9-17-28)29-18-10-5-11-19-29/h3-25H,1-2H3. The maximum Gasteiger partial charge on any atom is 0.0465 e. The van der Waals surface area contributed by atoms with E-state index >= 15 is 0 Å². The van der Waals surface area contributed by atoms with Crippen molar-refractivity contribution >= 4 is 27.8 Å². The first kappa shape index (κ1) is 22.6. The maximum atomic E-state index is 2.42. The first-order valence-corrected chi connectivity index (χ1v) is 13.3. The summed E-state index contributed by atoms with van der Waals surface area (Å²) in [5.74, 6) is 0. The van der Waals surface area contributed by atoms with Crippen molar-refractivity contribution in [2.75, 3.05) is 4.90 Å². The van der Waals surface area contributed by atoms with E-state index < -0.39 is 0 Å². The quantitative estimate of drug-likeness (QED) is 0.239. The summed E-state index contributed by atoms with van der Waals surface area (Å²) >= 11 is 0. The molecular weight excluding hydrogens is 458 g/mol. The number of para-hydroxylation sites is 2. The minimum atomic E-state index is -0.147. The number of fused-ring (bicyclic) bond motifs is 2. The molecule has 6 aromatic rings. The van der Waals surface area contributed by atoms with Crippen molar-refractivity contribution in [1.82, 2.24) is 0 Å². The number of nitrogens with zero attached hydrogens (tertiary/aromatic N) is 1. The molecule has 182 valence electrons. The van der Waals surface area contributed by atoms with E-state index in [4.69, 9.17) is 0 Å². The molecule has 0 saturated carbocycles. The Bertz CT molecular complexity index is 1730. The summed E-state index contributed by atoms with van der Waals surface area (Å²) in [7, 11) is 0. The van der Waals surface area contributed by atoms with Crippen LogP contribution in [0.25, 0.3) is 33.0 Å². The van der Waals surface area contributed by atoms with Gasteiger partial charge in [-0.15, -0.1) is 0 Å². The van der Waals surface area contributed by atoms with Gasteiger partial charge in [0.15, 0.2) is 0 Å². The third-order valence-corrected chi connectivity index (χ3v) is 8.04. The molecule has 0 atom stereocenters. The lowest BCUT2D eigenvalue weighted by Gasteiger charge is -2.37. The second kappa shape index (κ2) is 8.75. The lowest BCUT2D eigenvalue weighted by molar-refractivity contribution is 0.645. The molecule has 1 aliphatic rings. The Morgan fingerprint density at radius 3 is 1.74 bits per heavy atom. The van der Waals surface area contributed by atoms with Crippen molar-refractivity contribution in [3.8, 4) is 22.3 Å². The average molecular weight is 488 g/mol. The Balaban J connectivity index is 1.52. The number of rotatable bonds is 4. The van der Waals surface area contributed by atoms with Crippen molar-refractivity contribution in [2.24, 2.45) is 0 Å². The fourth-order valence-corrected chi connectivity index (χ4v) is 6.19. The summed E-state index contributed by atoms with van der Waals surface area (Å²) in [6, 6.07) is 50.5. The van der Waals surface area contributed by atoms with Gasteiger partial charge in [0.1, 0.15) is 0 Å². The van der Waals surface area contributed by atoms with Gasteiger partial charge in [0.05, 0.1) is 0 Å². The minimum Gasteiger partial charge on any atom is -0.310 e. The van der Waals surface area contributed by atoms with E-state index in [1.54, 1.807) is 0 Å². The molecule has 0 amide bonds. The Morgan fingerprint density at radius 2 is 1.08 bits per heavy atom. The van der Waals surface area contributed by atoms with Crippen LogP contribution in [0.4, 0.5) is 17.1 Å². The van der Waals surface area contributed by atoms with Crippen molar-refractivity contribution < 1.29 is 0 Å². The van der Waals surface area contributed by atoms with Gasteiger partial charge in [-0.1, -0.05) is 117 Å².